The van der Waals surface area contributed by atoms with Crippen molar-refractivity contribution in [1.82, 2.24) is 24.6 Å². The van der Waals surface area contributed by atoms with Gasteiger partial charge in [-0.15, -0.1) is 11.3 Å². The quantitative estimate of drug-likeness (QED) is 0.682. The average molecular weight is 383 g/mol. The summed E-state index contributed by atoms with van der Waals surface area (Å²) in [4.78, 5) is 13.0. The summed E-state index contributed by atoms with van der Waals surface area (Å²) in [6, 6.07) is 6.59. The van der Waals surface area contributed by atoms with Crippen molar-refractivity contribution in [3.8, 4) is 0 Å². The summed E-state index contributed by atoms with van der Waals surface area (Å²) >= 11 is 1.65. The van der Waals surface area contributed by atoms with E-state index in [9.17, 15) is 0 Å². The first-order valence-corrected chi connectivity index (χ1v) is 10.4. The molecule has 1 aliphatic heterocycles. The minimum atomic E-state index is 0.356. The van der Waals surface area contributed by atoms with E-state index in [2.05, 4.69) is 59.4 Å². The molecule has 1 fully saturated rings. The minimum absolute atomic E-state index is 0.356. The van der Waals surface area contributed by atoms with Gasteiger partial charge in [-0.3, -0.25) is 9.58 Å². The number of thiazole rings is 1. The molecule has 7 heteroatoms. The van der Waals surface area contributed by atoms with Crippen molar-refractivity contribution in [2.24, 2.45) is 0 Å². The van der Waals surface area contributed by atoms with Crippen molar-refractivity contribution < 1.29 is 0 Å². The van der Waals surface area contributed by atoms with E-state index in [0.717, 1.165) is 48.4 Å². The van der Waals surface area contributed by atoms with Gasteiger partial charge in [0.1, 0.15) is 5.82 Å². The summed E-state index contributed by atoms with van der Waals surface area (Å²) in [6.45, 7) is 9.24. The van der Waals surface area contributed by atoms with Crippen LogP contribution in [0.4, 0.5) is 10.9 Å². The molecule has 0 aromatic carbocycles. The Bertz CT molecular complexity index is 915. The SMILES string of the molecule is CCn1cc(CN2CCC[C@@H]2c2cccc(Nc3ncc(C)s3)n2)c(C)n1. The number of pyridine rings is 1. The van der Waals surface area contributed by atoms with Gasteiger partial charge in [0, 0.05) is 35.9 Å². The first kappa shape index (κ1) is 18.1. The number of hydrogen-bond acceptors (Lipinski definition) is 6. The van der Waals surface area contributed by atoms with E-state index in [4.69, 9.17) is 4.98 Å². The highest BCUT2D eigenvalue weighted by molar-refractivity contribution is 7.15. The second-order valence-corrected chi connectivity index (χ2v) is 8.31. The summed E-state index contributed by atoms with van der Waals surface area (Å²) in [7, 11) is 0. The van der Waals surface area contributed by atoms with Crippen LogP contribution in [0.2, 0.25) is 0 Å². The highest BCUT2D eigenvalue weighted by Crippen LogP contribution is 2.33. The molecule has 0 aliphatic carbocycles. The Morgan fingerprint density at radius 2 is 2.19 bits per heavy atom. The van der Waals surface area contributed by atoms with Gasteiger partial charge in [-0.1, -0.05) is 6.07 Å². The minimum Gasteiger partial charge on any atom is -0.316 e. The van der Waals surface area contributed by atoms with Crippen LogP contribution < -0.4 is 5.32 Å². The van der Waals surface area contributed by atoms with Gasteiger partial charge >= 0.3 is 0 Å². The van der Waals surface area contributed by atoms with Gasteiger partial charge in [-0.2, -0.15) is 5.10 Å². The lowest BCUT2D eigenvalue weighted by Gasteiger charge is -2.24. The van der Waals surface area contributed by atoms with Crippen LogP contribution in [0.5, 0.6) is 0 Å². The maximum absolute atomic E-state index is 4.89. The highest BCUT2D eigenvalue weighted by atomic mass is 32.1. The number of anilines is 2. The molecule has 1 atom stereocenters. The molecule has 0 spiro atoms. The summed E-state index contributed by atoms with van der Waals surface area (Å²) in [5, 5.41) is 8.82. The van der Waals surface area contributed by atoms with Gasteiger partial charge in [-0.25, -0.2) is 9.97 Å². The molecule has 0 bridgehead atoms. The molecule has 1 N–H and O–H groups in total. The molecule has 142 valence electrons. The zero-order valence-electron chi connectivity index (χ0n) is 16.1. The lowest BCUT2D eigenvalue weighted by molar-refractivity contribution is 0.244. The van der Waals surface area contributed by atoms with Crippen molar-refractivity contribution in [1.29, 1.82) is 0 Å². The summed E-state index contributed by atoms with van der Waals surface area (Å²) in [5.74, 6) is 0.865. The zero-order chi connectivity index (χ0) is 18.8. The van der Waals surface area contributed by atoms with Crippen LogP contribution in [0, 0.1) is 13.8 Å². The third kappa shape index (κ3) is 4.04. The number of hydrogen-bond donors (Lipinski definition) is 1. The standard InChI is InChI=1S/C20H26N6S/c1-4-26-13-16(15(3)24-26)12-25-10-6-8-18(25)17-7-5-9-19(22-17)23-20-21-11-14(2)27-20/h5,7,9,11,13,18H,4,6,8,10,12H2,1-3H3,(H,21,22,23)/t18-/m1/s1. The number of aryl methyl sites for hydroxylation is 3. The van der Waals surface area contributed by atoms with Crippen molar-refractivity contribution in [2.45, 2.75) is 52.7 Å². The van der Waals surface area contributed by atoms with Gasteiger partial charge in [-0.05, 0) is 52.3 Å². The van der Waals surface area contributed by atoms with E-state index in [1.54, 1.807) is 11.3 Å². The third-order valence-corrected chi connectivity index (χ3v) is 5.91. The van der Waals surface area contributed by atoms with Crippen LogP contribution in [0.25, 0.3) is 0 Å². The molecule has 3 aromatic heterocycles. The first-order chi connectivity index (χ1) is 13.1. The lowest BCUT2D eigenvalue weighted by Crippen LogP contribution is -2.23. The molecule has 1 aliphatic rings. The fourth-order valence-electron chi connectivity index (χ4n) is 3.67. The number of nitrogens with one attached hydrogen (secondary N) is 1. The predicted molar refractivity (Wildman–Crippen MR) is 109 cm³/mol. The maximum Gasteiger partial charge on any atom is 0.188 e. The van der Waals surface area contributed by atoms with E-state index in [1.807, 2.05) is 16.9 Å². The fourth-order valence-corrected chi connectivity index (χ4v) is 4.35. The number of likely N-dealkylation sites (tertiary alicyclic amines) is 1. The van der Waals surface area contributed by atoms with E-state index in [1.165, 1.54) is 16.9 Å². The van der Waals surface area contributed by atoms with Gasteiger partial charge in [0.05, 0.1) is 17.4 Å². The van der Waals surface area contributed by atoms with Crippen LogP contribution >= 0.6 is 11.3 Å². The molecule has 3 aromatic rings. The third-order valence-electron chi connectivity index (χ3n) is 5.08. The monoisotopic (exact) mass is 382 g/mol. The van der Waals surface area contributed by atoms with Crippen LogP contribution in [-0.4, -0.2) is 31.2 Å². The Labute approximate surface area is 164 Å². The Balaban J connectivity index is 1.51. The largest absolute Gasteiger partial charge is 0.316 e. The van der Waals surface area contributed by atoms with Crippen molar-refractivity contribution in [3.05, 3.63) is 52.4 Å². The van der Waals surface area contributed by atoms with Gasteiger partial charge in [0.15, 0.2) is 5.13 Å². The molecule has 27 heavy (non-hydrogen) atoms. The molecule has 0 unspecified atom stereocenters. The molecular weight excluding hydrogens is 356 g/mol. The molecule has 0 amide bonds. The van der Waals surface area contributed by atoms with Crippen molar-refractivity contribution >= 4 is 22.3 Å². The number of nitrogens with zero attached hydrogens (tertiary/aromatic N) is 5. The molecule has 4 heterocycles. The summed E-state index contributed by atoms with van der Waals surface area (Å²) in [6.07, 6.45) is 6.42. The van der Waals surface area contributed by atoms with E-state index < -0.39 is 0 Å². The number of aromatic nitrogens is 4. The van der Waals surface area contributed by atoms with Gasteiger partial charge in [0.25, 0.3) is 0 Å². The van der Waals surface area contributed by atoms with Crippen molar-refractivity contribution in [3.63, 3.8) is 0 Å². The summed E-state index contributed by atoms with van der Waals surface area (Å²) in [5.41, 5.74) is 3.58. The Kier molecular flexibility index (Phi) is 5.22. The number of rotatable bonds is 6. The van der Waals surface area contributed by atoms with Gasteiger partial charge in [0.2, 0.25) is 0 Å². The zero-order valence-corrected chi connectivity index (χ0v) is 17.0. The van der Waals surface area contributed by atoms with E-state index in [0.29, 0.717) is 6.04 Å². The van der Waals surface area contributed by atoms with Gasteiger partial charge < -0.3 is 5.32 Å². The second kappa shape index (κ2) is 7.78. The van der Waals surface area contributed by atoms with Crippen molar-refractivity contribution in [2.75, 3.05) is 11.9 Å². The van der Waals surface area contributed by atoms with E-state index >= 15 is 0 Å². The van der Waals surface area contributed by atoms with Crippen LogP contribution in [0.3, 0.4) is 0 Å². The molecule has 4 rings (SSSR count). The Hall–Kier alpha value is -2.25. The Morgan fingerprint density at radius 1 is 1.30 bits per heavy atom. The summed E-state index contributed by atoms with van der Waals surface area (Å²) < 4.78 is 2.02. The highest BCUT2D eigenvalue weighted by Gasteiger charge is 2.28. The fraction of sp³-hybridized carbons (Fsp3) is 0.450. The smallest absolute Gasteiger partial charge is 0.188 e. The maximum atomic E-state index is 4.89. The topological polar surface area (TPSA) is 58.9 Å². The molecule has 1 saturated heterocycles. The molecule has 0 radical (unpaired) electrons. The molecule has 6 nitrogen and oxygen atoms in total. The molecular formula is C20H26N6S. The van der Waals surface area contributed by atoms with Crippen LogP contribution in [-0.2, 0) is 13.1 Å². The second-order valence-electron chi connectivity index (χ2n) is 7.07. The predicted octanol–water partition coefficient (Wildman–Crippen LogP) is 4.45. The first-order valence-electron chi connectivity index (χ1n) is 9.55. The Morgan fingerprint density at radius 3 is 2.93 bits per heavy atom. The van der Waals surface area contributed by atoms with Crippen LogP contribution in [0.15, 0.2) is 30.6 Å². The normalized spacial score (nSPS) is 17.5. The van der Waals surface area contributed by atoms with E-state index in [-0.39, 0.29) is 0 Å². The molecule has 0 saturated carbocycles. The lowest BCUT2D eigenvalue weighted by atomic mass is 10.1. The average Bonchev–Trinajstić information content (AvgIpc) is 3.37. The van der Waals surface area contributed by atoms with Crippen LogP contribution in [0.1, 0.15) is 47.6 Å².